The van der Waals surface area contributed by atoms with Crippen molar-refractivity contribution in [2.75, 3.05) is 0 Å². The first kappa shape index (κ1) is 14.0. The second-order valence-corrected chi connectivity index (χ2v) is 8.51. The molecule has 0 aromatic carbocycles. The van der Waals surface area contributed by atoms with E-state index in [0.29, 0.717) is 23.5 Å². The van der Waals surface area contributed by atoms with Crippen molar-refractivity contribution in [3.8, 4) is 0 Å². The van der Waals surface area contributed by atoms with Gasteiger partial charge in [-0.15, -0.1) is 0 Å². The van der Waals surface area contributed by atoms with Crippen LogP contribution in [0.3, 0.4) is 0 Å². The Morgan fingerprint density at radius 3 is 2.81 bits per heavy atom. The molecule has 1 N–H and O–H groups in total. The molecule has 0 aromatic heterocycles. The van der Waals surface area contributed by atoms with Crippen LogP contribution < -0.4 is 0 Å². The highest BCUT2D eigenvalue weighted by atomic mass is 16.3. The van der Waals surface area contributed by atoms with Gasteiger partial charge in [-0.1, -0.05) is 19.4 Å². The Hall–Kier alpha value is -0.630. The smallest absolute Gasteiger partial charge is 0.155 e. The fraction of sp³-hybridized carbons (Fsp3) is 0.842. The molecule has 0 spiro atoms. The van der Waals surface area contributed by atoms with Gasteiger partial charge in [-0.3, -0.25) is 4.79 Å². The van der Waals surface area contributed by atoms with E-state index in [9.17, 15) is 9.90 Å². The van der Waals surface area contributed by atoms with Crippen molar-refractivity contribution in [1.29, 1.82) is 0 Å². The van der Waals surface area contributed by atoms with Crippen LogP contribution in [0.1, 0.15) is 58.8 Å². The standard InChI is InChI=1S/C19H28O2/c1-11-9-17-16-5-3-12-10-13(20)4-6-14(12)15(16)7-8-19(17,2)18(11)21/h10-11,14-18,21H,3-9H2,1-2H3/t11-,14?,15+,16+,17-,18+,19-/m0/s1. The van der Waals surface area contributed by atoms with E-state index < -0.39 is 0 Å². The Morgan fingerprint density at radius 1 is 1.19 bits per heavy atom. The highest BCUT2D eigenvalue weighted by Gasteiger charge is 2.57. The summed E-state index contributed by atoms with van der Waals surface area (Å²) in [5.41, 5.74) is 1.62. The molecule has 0 heterocycles. The molecule has 4 aliphatic rings. The zero-order chi connectivity index (χ0) is 14.8. The molecular weight excluding hydrogens is 260 g/mol. The third-order valence-electron chi connectivity index (χ3n) is 7.58. The minimum Gasteiger partial charge on any atom is -0.392 e. The third-order valence-corrected chi connectivity index (χ3v) is 7.58. The largest absolute Gasteiger partial charge is 0.392 e. The fourth-order valence-corrected chi connectivity index (χ4v) is 6.52. The lowest BCUT2D eigenvalue weighted by Crippen LogP contribution is -2.47. The minimum atomic E-state index is -0.103. The molecule has 116 valence electrons. The van der Waals surface area contributed by atoms with Crippen LogP contribution in [-0.2, 0) is 4.79 Å². The van der Waals surface area contributed by atoms with E-state index in [1.54, 1.807) is 0 Å². The van der Waals surface area contributed by atoms with Gasteiger partial charge in [-0.25, -0.2) is 0 Å². The maximum absolute atomic E-state index is 11.7. The van der Waals surface area contributed by atoms with Crippen molar-refractivity contribution in [2.24, 2.45) is 35.0 Å². The first-order valence-electron chi connectivity index (χ1n) is 8.92. The summed E-state index contributed by atoms with van der Waals surface area (Å²) in [7, 11) is 0. The van der Waals surface area contributed by atoms with Crippen LogP contribution in [0.4, 0.5) is 0 Å². The predicted octanol–water partition coefficient (Wildman–Crippen LogP) is 3.74. The van der Waals surface area contributed by atoms with E-state index in [0.717, 1.165) is 31.1 Å². The van der Waals surface area contributed by atoms with Crippen LogP contribution in [0.5, 0.6) is 0 Å². The average molecular weight is 288 g/mol. The molecule has 0 bridgehead atoms. The summed E-state index contributed by atoms with van der Waals surface area (Å²) in [6, 6.07) is 0. The van der Waals surface area contributed by atoms with Crippen molar-refractivity contribution >= 4 is 5.78 Å². The SMILES string of the molecule is C[C@H]1C[C@H]2[C@@H]3CCC4=CC(=O)CCC4[C@H]3CC[C@]2(C)[C@@H]1O. The number of rotatable bonds is 0. The number of allylic oxidation sites excluding steroid dienone is 1. The molecule has 4 rings (SSSR count). The molecular formula is C19H28O2. The van der Waals surface area contributed by atoms with Gasteiger partial charge in [-0.2, -0.15) is 0 Å². The van der Waals surface area contributed by atoms with Crippen molar-refractivity contribution < 1.29 is 9.90 Å². The van der Waals surface area contributed by atoms with Crippen molar-refractivity contribution in [1.82, 2.24) is 0 Å². The van der Waals surface area contributed by atoms with Crippen molar-refractivity contribution in [2.45, 2.75) is 64.9 Å². The number of hydrogen-bond acceptors (Lipinski definition) is 2. The maximum atomic E-state index is 11.7. The first-order valence-corrected chi connectivity index (χ1v) is 8.92. The van der Waals surface area contributed by atoms with Crippen molar-refractivity contribution in [3.05, 3.63) is 11.6 Å². The molecule has 1 unspecified atom stereocenters. The lowest BCUT2D eigenvalue weighted by atomic mass is 9.52. The maximum Gasteiger partial charge on any atom is 0.155 e. The molecule has 0 aromatic rings. The molecule has 3 saturated carbocycles. The van der Waals surface area contributed by atoms with Gasteiger partial charge in [0.05, 0.1) is 6.10 Å². The zero-order valence-electron chi connectivity index (χ0n) is 13.3. The number of fused-ring (bicyclic) bond motifs is 5. The number of carbonyl (C=O) groups is 1. The molecule has 2 heteroatoms. The Balaban J connectivity index is 1.64. The lowest BCUT2D eigenvalue weighted by molar-refractivity contribution is -0.116. The van der Waals surface area contributed by atoms with Gasteiger partial charge in [0, 0.05) is 6.42 Å². The molecule has 2 nitrogen and oxygen atoms in total. The summed E-state index contributed by atoms with van der Waals surface area (Å²) in [6.07, 6.45) is 9.77. The first-order chi connectivity index (χ1) is 10.0. The van der Waals surface area contributed by atoms with E-state index in [2.05, 4.69) is 13.8 Å². The van der Waals surface area contributed by atoms with Gasteiger partial charge in [-0.05, 0) is 79.6 Å². The van der Waals surface area contributed by atoms with Gasteiger partial charge in [0.2, 0.25) is 0 Å². The van der Waals surface area contributed by atoms with Gasteiger partial charge in [0.25, 0.3) is 0 Å². The molecule has 7 atom stereocenters. The Bertz CT molecular complexity index is 494. The quantitative estimate of drug-likeness (QED) is 0.737. The number of ketones is 1. The summed E-state index contributed by atoms with van der Waals surface area (Å²) in [5, 5.41) is 10.7. The molecule has 0 radical (unpaired) electrons. The molecule has 0 amide bonds. The normalized spacial score (nSPS) is 52.7. The van der Waals surface area contributed by atoms with Crippen LogP contribution in [-0.4, -0.2) is 17.0 Å². The fourth-order valence-electron chi connectivity index (χ4n) is 6.52. The van der Waals surface area contributed by atoms with Gasteiger partial charge < -0.3 is 5.11 Å². The van der Waals surface area contributed by atoms with Crippen LogP contribution in [0.2, 0.25) is 0 Å². The third kappa shape index (κ3) is 1.91. The van der Waals surface area contributed by atoms with Crippen LogP contribution in [0.25, 0.3) is 0 Å². The van der Waals surface area contributed by atoms with Crippen LogP contribution in [0.15, 0.2) is 11.6 Å². The molecule has 21 heavy (non-hydrogen) atoms. The Kier molecular flexibility index (Phi) is 3.12. The summed E-state index contributed by atoms with van der Waals surface area (Å²) in [4.78, 5) is 11.7. The van der Waals surface area contributed by atoms with Gasteiger partial charge >= 0.3 is 0 Å². The predicted molar refractivity (Wildman–Crippen MR) is 82.6 cm³/mol. The lowest BCUT2D eigenvalue weighted by Gasteiger charge is -2.53. The van der Waals surface area contributed by atoms with E-state index in [4.69, 9.17) is 0 Å². The van der Waals surface area contributed by atoms with Crippen molar-refractivity contribution in [3.63, 3.8) is 0 Å². The number of carbonyl (C=O) groups excluding carboxylic acids is 1. The van der Waals surface area contributed by atoms with E-state index in [1.807, 2.05) is 6.08 Å². The van der Waals surface area contributed by atoms with Crippen LogP contribution in [0, 0.1) is 35.0 Å². The second-order valence-electron chi connectivity index (χ2n) is 8.51. The number of aliphatic hydroxyl groups excluding tert-OH is 1. The van der Waals surface area contributed by atoms with E-state index >= 15 is 0 Å². The number of hydrogen-bond donors (Lipinski definition) is 1. The minimum absolute atomic E-state index is 0.103. The molecule has 3 fully saturated rings. The van der Waals surface area contributed by atoms with Crippen LogP contribution >= 0.6 is 0 Å². The zero-order valence-corrected chi connectivity index (χ0v) is 13.3. The monoisotopic (exact) mass is 288 g/mol. The average Bonchev–Trinajstić information content (AvgIpc) is 2.70. The molecule has 4 aliphatic carbocycles. The summed E-state index contributed by atoms with van der Waals surface area (Å²) in [6.45, 7) is 4.58. The number of aliphatic hydroxyl groups is 1. The van der Waals surface area contributed by atoms with E-state index in [-0.39, 0.29) is 11.5 Å². The summed E-state index contributed by atoms with van der Waals surface area (Å²) < 4.78 is 0. The Labute approximate surface area is 128 Å². The topological polar surface area (TPSA) is 37.3 Å². The highest BCUT2D eigenvalue weighted by molar-refractivity contribution is 5.91. The van der Waals surface area contributed by atoms with Gasteiger partial charge in [0.1, 0.15) is 0 Å². The van der Waals surface area contributed by atoms with E-state index in [1.165, 1.54) is 31.3 Å². The summed E-state index contributed by atoms with van der Waals surface area (Å²) in [5.74, 6) is 3.78. The second kappa shape index (κ2) is 4.68. The summed E-state index contributed by atoms with van der Waals surface area (Å²) >= 11 is 0. The molecule has 0 aliphatic heterocycles. The Morgan fingerprint density at radius 2 is 2.00 bits per heavy atom. The highest BCUT2D eigenvalue weighted by Crippen LogP contribution is 2.62. The molecule has 0 saturated heterocycles. The van der Waals surface area contributed by atoms with Gasteiger partial charge in [0.15, 0.2) is 5.78 Å².